The maximum Gasteiger partial charge on any atom is 0.193 e. The first-order valence-electron chi connectivity index (χ1n) is 7.16. The molecule has 5 heteroatoms. The van der Waals surface area contributed by atoms with Gasteiger partial charge in [-0.25, -0.2) is 0 Å². The SMILES string of the molecule is CN=C(NCC1(C2CC2)CC1)N(C)Cc1ccsc1.I. The van der Waals surface area contributed by atoms with Crippen molar-refractivity contribution < 1.29 is 0 Å². The number of halogens is 1. The van der Waals surface area contributed by atoms with E-state index in [4.69, 9.17) is 0 Å². The molecule has 0 unspecified atom stereocenters. The largest absolute Gasteiger partial charge is 0.356 e. The van der Waals surface area contributed by atoms with Gasteiger partial charge >= 0.3 is 0 Å². The van der Waals surface area contributed by atoms with E-state index in [0.29, 0.717) is 5.41 Å². The molecule has 0 saturated heterocycles. The maximum atomic E-state index is 4.41. The third kappa shape index (κ3) is 3.67. The van der Waals surface area contributed by atoms with Crippen molar-refractivity contribution in [2.24, 2.45) is 16.3 Å². The fourth-order valence-corrected chi connectivity index (χ4v) is 3.62. The van der Waals surface area contributed by atoms with Crippen LogP contribution in [0.25, 0.3) is 0 Å². The van der Waals surface area contributed by atoms with Crippen molar-refractivity contribution in [2.45, 2.75) is 32.2 Å². The predicted octanol–water partition coefficient (Wildman–Crippen LogP) is 3.56. The van der Waals surface area contributed by atoms with E-state index in [1.54, 1.807) is 11.3 Å². The molecular weight excluding hydrogens is 381 g/mol. The molecular formula is C15H24IN3S. The summed E-state index contributed by atoms with van der Waals surface area (Å²) in [6.45, 7) is 2.04. The minimum Gasteiger partial charge on any atom is -0.356 e. The van der Waals surface area contributed by atoms with Crippen LogP contribution in [0.2, 0.25) is 0 Å². The molecule has 20 heavy (non-hydrogen) atoms. The van der Waals surface area contributed by atoms with Crippen LogP contribution in [0.5, 0.6) is 0 Å². The van der Waals surface area contributed by atoms with E-state index in [-0.39, 0.29) is 24.0 Å². The molecule has 1 heterocycles. The van der Waals surface area contributed by atoms with Crippen molar-refractivity contribution in [3.8, 4) is 0 Å². The smallest absolute Gasteiger partial charge is 0.193 e. The second kappa shape index (κ2) is 6.64. The Labute approximate surface area is 142 Å². The Bertz CT molecular complexity index is 450. The highest BCUT2D eigenvalue weighted by Gasteiger charge is 2.53. The lowest BCUT2D eigenvalue weighted by atomic mass is 10.0. The van der Waals surface area contributed by atoms with Crippen molar-refractivity contribution in [2.75, 3.05) is 20.6 Å². The molecule has 2 aliphatic rings. The second-order valence-electron chi connectivity index (χ2n) is 6.03. The average molecular weight is 405 g/mol. The van der Waals surface area contributed by atoms with Gasteiger partial charge in [0.05, 0.1) is 0 Å². The van der Waals surface area contributed by atoms with Gasteiger partial charge in [0.15, 0.2) is 5.96 Å². The zero-order chi connectivity index (χ0) is 13.3. The molecule has 0 aromatic carbocycles. The van der Waals surface area contributed by atoms with E-state index in [1.165, 1.54) is 31.2 Å². The summed E-state index contributed by atoms with van der Waals surface area (Å²) in [7, 11) is 3.99. The molecule has 0 radical (unpaired) electrons. The summed E-state index contributed by atoms with van der Waals surface area (Å²) in [5.41, 5.74) is 1.98. The van der Waals surface area contributed by atoms with Gasteiger partial charge in [0, 0.05) is 27.2 Å². The molecule has 2 fully saturated rings. The molecule has 0 amide bonds. The van der Waals surface area contributed by atoms with Crippen LogP contribution in [0.15, 0.2) is 21.8 Å². The van der Waals surface area contributed by atoms with Crippen LogP contribution in [0.4, 0.5) is 0 Å². The lowest BCUT2D eigenvalue weighted by Gasteiger charge is -2.24. The van der Waals surface area contributed by atoms with Crippen molar-refractivity contribution in [1.82, 2.24) is 10.2 Å². The number of aliphatic imine (C=N–C) groups is 1. The number of nitrogens with one attached hydrogen (secondary N) is 1. The fourth-order valence-electron chi connectivity index (χ4n) is 2.96. The summed E-state index contributed by atoms with van der Waals surface area (Å²) in [6, 6.07) is 2.18. The third-order valence-corrected chi connectivity index (χ3v) is 5.24. The van der Waals surface area contributed by atoms with Crippen LogP contribution in [-0.4, -0.2) is 31.5 Å². The van der Waals surface area contributed by atoms with Gasteiger partial charge in [0.1, 0.15) is 0 Å². The van der Waals surface area contributed by atoms with Crippen LogP contribution in [0, 0.1) is 11.3 Å². The van der Waals surface area contributed by atoms with Crippen LogP contribution in [-0.2, 0) is 6.54 Å². The quantitative estimate of drug-likeness (QED) is 0.461. The number of nitrogens with zero attached hydrogens (tertiary/aromatic N) is 2. The number of rotatable bonds is 5. The molecule has 1 aromatic rings. The molecule has 0 bridgehead atoms. The van der Waals surface area contributed by atoms with Crippen molar-refractivity contribution in [3.05, 3.63) is 22.4 Å². The zero-order valence-electron chi connectivity index (χ0n) is 12.3. The van der Waals surface area contributed by atoms with E-state index >= 15 is 0 Å². The minimum atomic E-state index is 0. The minimum absolute atomic E-state index is 0. The molecule has 0 aliphatic heterocycles. The molecule has 2 saturated carbocycles. The Kier molecular flexibility index (Phi) is 5.34. The summed E-state index contributed by atoms with van der Waals surface area (Å²) in [5, 5.41) is 7.92. The van der Waals surface area contributed by atoms with Gasteiger partial charge < -0.3 is 10.2 Å². The highest BCUT2D eigenvalue weighted by atomic mass is 127. The number of hydrogen-bond donors (Lipinski definition) is 1. The topological polar surface area (TPSA) is 27.6 Å². The molecule has 0 spiro atoms. The van der Waals surface area contributed by atoms with Gasteiger partial charge in [-0.3, -0.25) is 4.99 Å². The second-order valence-corrected chi connectivity index (χ2v) is 6.81. The van der Waals surface area contributed by atoms with Gasteiger partial charge in [-0.2, -0.15) is 11.3 Å². The molecule has 112 valence electrons. The highest BCUT2D eigenvalue weighted by Crippen LogP contribution is 2.60. The van der Waals surface area contributed by atoms with Gasteiger partial charge in [0.2, 0.25) is 0 Å². The first-order valence-corrected chi connectivity index (χ1v) is 8.11. The van der Waals surface area contributed by atoms with Gasteiger partial charge in [-0.05, 0) is 59.4 Å². The lowest BCUT2D eigenvalue weighted by Crippen LogP contribution is -2.41. The average Bonchev–Trinajstić information content (AvgIpc) is 3.30. The van der Waals surface area contributed by atoms with Crippen LogP contribution >= 0.6 is 35.3 Å². The van der Waals surface area contributed by atoms with Crippen molar-refractivity contribution in [1.29, 1.82) is 0 Å². The normalized spacial score (nSPS) is 20.2. The first-order chi connectivity index (χ1) is 9.23. The Morgan fingerprint density at radius 2 is 2.25 bits per heavy atom. The number of hydrogen-bond acceptors (Lipinski definition) is 2. The molecule has 0 atom stereocenters. The maximum absolute atomic E-state index is 4.41. The summed E-state index contributed by atoms with van der Waals surface area (Å²) < 4.78 is 0. The molecule has 3 nitrogen and oxygen atoms in total. The van der Waals surface area contributed by atoms with E-state index in [0.717, 1.165) is 25.0 Å². The predicted molar refractivity (Wildman–Crippen MR) is 97.0 cm³/mol. The Hall–Kier alpha value is -0.300. The van der Waals surface area contributed by atoms with Gasteiger partial charge in [-0.15, -0.1) is 24.0 Å². The first kappa shape index (κ1) is 16.1. The van der Waals surface area contributed by atoms with Crippen molar-refractivity contribution in [3.63, 3.8) is 0 Å². The Morgan fingerprint density at radius 1 is 1.50 bits per heavy atom. The molecule has 2 aliphatic carbocycles. The summed E-state index contributed by atoms with van der Waals surface area (Å²) in [6.07, 6.45) is 5.72. The standard InChI is InChI=1S/C15H23N3S.HI/c1-16-14(18(2)9-12-5-8-19-10-12)17-11-15(6-7-15)13-3-4-13;/h5,8,10,13H,3-4,6-7,9,11H2,1-2H3,(H,16,17);1H. The highest BCUT2D eigenvalue weighted by molar-refractivity contribution is 14.0. The van der Waals surface area contributed by atoms with E-state index in [9.17, 15) is 0 Å². The Morgan fingerprint density at radius 3 is 2.75 bits per heavy atom. The van der Waals surface area contributed by atoms with E-state index in [1.807, 2.05) is 7.05 Å². The van der Waals surface area contributed by atoms with Crippen LogP contribution in [0.3, 0.4) is 0 Å². The fraction of sp³-hybridized carbons (Fsp3) is 0.667. The zero-order valence-corrected chi connectivity index (χ0v) is 15.4. The van der Waals surface area contributed by atoms with Gasteiger partial charge in [-0.1, -0.05) is 0 Å². The van der Waals surface area contributed by atoms with E-state index < -0.39 is 0 Å². The van der Waals surface area contributed by atoms with Gasteiger partial charge in [0.25, 0.3) is 0 Å². The third-order valence-electron chi connectivity index (χ3n) is 4.51. The summed E-state index contributed by atoms with van der Waals surface area (Å²) in [5.74, 6) is 2.03. The monoisotopic (exact) mass is 405 g/mol. The molecule has 1 aromatic heterocycles. The Balaban J connectivity index is 0.00000147. The van der Waals surface area contributed by atoms with Crippen molar-refractivity contribution >= 4 is 41.3 Å². The molecule has 3 rings (SSSR count). The molecule has 1 N–H and O–H groups in total. The van der Waals surface area contributed by atoms with Crippen LogP contribution in [0.1, 0.15) is 31.2 Å². The number of guanidine groups is 1. The van der Waals surface area contributed by atoms with E-state index in [2.05, 4.69) is 39.1 Å². The summed E-state index contributed by atoms with van der Waals surface area (Å²) >= 11 is 1.75. The lowest BCUT2D eigenvalue weighted by molar-refractivity contribution is 0.410. The summed E-state index contributed by atoms with van der Waals surface area (Å²) in [4.78, 5) is 6.63. The number of thiophene rings is 1. The van der Waals surface area contributed by atoms with Crippen LogP contribution < -0.4 is 5.32 Å².